The van der Waals surface area contributed by atoms with Crippen molar-refractivity contribution in [2.75, 3.05) is 13.2 Å². The Morgan fingerprint density at radius 2 is 2.07 bits per heavy atom. The number of ether oxygens (including phenoxy) is 2. The highest BCUT2D eigenvalue weighted by atomic mass is 32.1. The van der Waals surface area contributed by atoms with Gasteiger partial charge in [0.25, 0.3) is 0 Å². The van der Waals surface area contributed by atoms with E-state index >= 15 is 0 Å². The lowest BCUT2D eigenvalue weighted by Crippen LogP contribution is -2.34. The molecule has 1 aliphatic heterocycles. The highest BCUT2D eigenvalue weighted by molar-refractivity contribution is 7.08. The molecule has 0 aliphatic carbocycles. The number of hydrogen-bond acceptors (Lipinski definition) is 7. The maximum absolute atomic E-state index is 12.6. The van der Waals surface area contributed by atoms with Crippen LogP contribution in [-0.2, 0) is 11.3 Å². The molecule has 0 radical (unpaired) electrons. The Hall–Kier alpha value is -2.94. The number of nitrogens with zero attached hydrogens (tertiary/aromatic N) is 4. The van der Waals surface area contributed by atoms with Crippen LogP contribution in [0.25, 0.3) is 11.4 Å². The highest BCUT2D eigenvalue weighted by Gasteiger charge is 2.22. The molecular formula is C20H23N5O3S. The third-order valence-electron chi connectivity index (χ3n) is 4.63. The molecule has 4 rings (SSSR count). The third-order valence-corrected chi connectivity index (χ3v) is 5.31. The molecule has 9 heteroatoms. The standard InChI is InChI=1S/C20H23N5O3S/c1-13(2)19(14-4-5-16-17(10-14)28-8-3-7-27-16)21-18(26)11-25-23-20(22-24-25)15-6-9-29-12-15/h4-6,9-10,12-13,19H,3,7-8,11H2,1-2H3,(H,21,26)/t19-/m0/s1. The largest absolute Gasteiger partial charge is 0.490 e. The molecule has 2 aromatic heterocycles. The van der Waals surface area contributed by atoms with Gasteiger partial charge in [0.05, 0.1) is 19.3 Å². The zero-order valence-corrected chi connectivity index (χ0v) is 17.2. The summed E-state index contributed by atoms with van der Waals surface area (Å²) in [5.41, 5.74) is 1.87. The van der Waals surface area contributed by atoms with Gasteiger partial charge in [0.2, 0.25) is 11.7 Å². The van der Waals surface area contributed by atoms with Gasteiger partial charge in [-0.1, -0.05) is 19.9 Å². The molecule has 152 valence electrons. The van der Waals surface area contributed by atoms with Crippen LogP contribution in [0.4, 0.5) is 0 Å². The number of carbonyl (C=O) groups excluding carboxylic acids is 1. The van der Waals surface area contributed by atoms with Gasteiger partial charge in [0.1, 0.15) is 6.54 Å². The van der Waals surface area contributed by atoms with E-state index in [1.807, 2.05) is 35.0 Å². The first kappa shape index (κ1) is 19.4. The number of carbonyl (C=O) groups is 1. The molecule has 0 saturated heterocycles. The van der Waals surface area contributed by atoms with Gasteiger partial charge in [0, 0.05) is 17.4 Å². The molecule has 3 aromatic rings. The third kappa shape index (κ3) is 4.56. The first-order valence-electron chi connectivity index (χ1n) is 9.59. The molecule has 29 heavy (non-hydrogen) atoms. The zero-order chi connectivity index (χ0) is 20.2. The van der Waals surface area contributed by atoms with Crippen molar-refractivity contribution in [2.24, 2.45) is 5.92 Å². The number of tetrazole rings is 1. The Labute approximate surface area is 172 Å². The number of hydrogen-bond donors (Lipinski definition) is 1. The molecule has 0 fully saturated rings. The predicted molar refractivity (Wildman–Crippen MR) is 109 cm³/mol. The first-order valence-corrected chi connectivity index (χ1v) is 10.5. The van der Waals surface area contributed by atoms with Gasteiger partial charge in [-0.2, -0.15) is 16.1 Å². The van der Waals surface area contributed by atoms with Gasteiger partial charge >= 0.3 is 0 Å². The Balaban J connectivity index is 1.46. The first-order chi connectivity index (χ1) is 14.1. The van der Waals surface area contributed by atoms with Crippen molar-refractivity contribution in [3.8, 4) is 22.9 Å². The number of aromatic nitrogens is 4. The molecule has 1 N–H and O–H groups in total. The number of thiophene rings is 1. The average Bonchev–Trinajstić information content (AvgIpc) is 3.33. The SMILES string of the molecule is CC(C)[C@H](NC(=O)Cn1nnc(-c2ccsc2)n1)c1ccc2c(c1)OCCCO2. The molecule has 1 aromatic carbocycles. The van der Waals surface area contributed by atoms with Crippen molar-refractivity contribution >= 4 is 17.2 Å². The van der Waals surface area contributed by atoms with Gasteiger partial charge in [-0.3, -0.25) is 4.79 Å². The Morgan fingerprint density at radius 3 is 2.83 bits per heavy atom. The van der Waals surface area contributed by atoms with E-state index in [-0.39, 0.29) is 24.4 Å². The summed E-state index contributed by atoms with van der Waals surface area (Å²) in [6, 6.07) is 7.59. The summed E-state index contributed by atoms with van der Waals surface area (Å²) in [4.78, 5) is 14.0. The van der Waals surface area contributed by atoms with Crippen LogP contribution in [0.1, 0.15) is 31.9 Å². The summed E-state index contributed by atoms with van der Waals surface area (Å²) < 4.78 is 11.5. The molecule has 1 aliphatic rings. The van der Waals surface area contributed by atoms with E-state index < -0.39 is 0 Å². The quantitative estimate of drug-likeness (QED) is 0.668. The summed E-state index contributed by atoms with van der Waals surface area (Å²) in [6.07, 6.45) is 0.854. The van der Waals surface area contributed by atoms with E-state index in [9.17, 15) is 4.79 Å². The maximum Gasteiger partial charge on any atom is 0.244 e. The van der Waals surface area contributed by atoms with E-state index in [2.05, 4.69) is 34.6 Å². The van der Waals surface area contributed by atoms with Crippen LogP contribution < -0.4 is 14.8 Å². The molecule has 1 amide bonds. The number of rotatable bonds is 6. The minimum Gasteiger partial charge on any atom is -0.490 e. The molecule has 0 spiro atoms. The fraction of sp³-hybridized carbons (Fsp3) is 0.400. The smallest absolute Gasteiger partial charge is 0.244 e. The van der Waals surface area contributed by atoms with Gasteiger partial charge in [-0.15, -0.1) is 10.2 Å². The minimum absolute atomic E-state index is 0.00487. The summed E-state index contributed by atoms with van der Waals surface area (Å²) in [6.45, 7) is 5.41. The van der Waals surface area contributed by atoms with Crippen molar-refractivity contribution in [2.45, 2.75) is 32.9 Å². The van der Waals surface area contributed by atoms with Crippen LogP contribution in [0.2, 0.25) is 0 Å². The number of nitrogens with one attached hydrogen (secondary N) is 1. The molecule has 0 unspecified atom stereocenters. The molecular weight excluding hydrogens is 390 g/mol. The van der Waals surface area contributed by atoms with E-state index in [0.29, 0.717) is 19.0 Å². The van der Waals surface area contributed by atoms with Crippen molar-refractivity contribution in [1.82, 2.24) is 25.5 Å². The summed E-state index contributed by atoms with van der Waals surface area (Å²) >= 11 is 1.56. The highest BCUT2D eigenvalue weighted by Crippen LogP contribution is 2.34. The van der Waals surface area contributed by atoms with Crippen molar-refractivity contribution in [3.05, 3.63) is 40.6 Å². The normalized spacial score (nSPS) is 14.4. The lowest BCUT2D eigenvalue weighted by molar-refractivity contribution is -0.123. The van der Waals surface area contributed by atoms with E-state index in [0.717, 1.165) is 29.0 Å². The van der Waals surface area contributed by atoms with Crippen molar-refractivity contribution in [1.29, 1.82) is 0 Å². The molecule has 0 saturated carbocycles. The van der Waals surface area contributed by atoms with Gasteiger partial charge in [0.15, 0.2) is 11.5 Å². The molecule has 1 atom stereocenters. The minimum atomic E-state index is -0.176. The lowest BCUT2D eigenvalue weighted by atomic mass is 9.95. The van der Waals surface area contributed by atoms with E-state index in [1.165, 1.54) is 4.80 Å². The second kappa shape index (κ2) is 8.60. The van der Waals surface area contributed by atoms with Gasteiger partial charge < -0.3 is 14.8 Å². The van der Waals surface area contributed by atoms with Crippen LogP contribution in [0, 0.1) is 5.92 Å². The number of fused-ring (bicyclic) bond motifs is 1. The Kier molecular flexibility index (Phi) is 5.75. The monoisotopic (exact) mass is 413 g/mol. The lowest BCUT2D eigenvalue weighted by Gasteiger charge is -2.23. The van der Waals surface area contributed by atoms with E-state index in [1.54, 1.807) is 11.3 Å². The Bertz CT molecular complexity index is 970. The van der Waals surface area contributed by atoms with E-state index in [4.69, 9.17) is 9.47 Å². The van der Waals surface area contributed by atoms with Crippen LogP contribution >= 0.6 is 11.3 Å². The molecule has 8 nitrogen and oxygen atoms in total. The predicted octanol–water partition coefficient (Wildman–Crippen LogP) is 3.08. The fourth-order valence-corrected chi connectivity index (χ4v) is 3.81. The van der Waals surface area contributed by atoms with Crippen LogP contribution in [0.3, 0.4) is 0 Å². The molecule has 3 heterocycles. The second-order valence-electron chi connectivity index (χ2n) is 7.20. The van der Waals surface area contributed by atoms with Crippen molar-refractivity contribution in [3.63, 3.8) is 0 Å². The average molecular weight is 414 g/mol. The van der Waals surface area contributed by atoms with Crippen LogP contribution in [0.15, 0.2) is 35.0 Å². The fourth-order valence-electron chi connectivity index (χ4n) is 3.17. The second-order valence-corrected chi connectivity index (χ2v) is 7.98. The van der Waals surface area contributed by atoms with Crippen molar-refractivity contribution < 1.29 is 14.3 Å². The molecule has 0 bridgehead atoms. The topological polar surface area (TPSA) is 91.2 Å². The van der Waals surface area contributed by atoms with Crippen LogP contribution in [0.5, 0.6) is 11.5 Å². The number of amides is 1. The van der Waals surface area contributed by atoms with Gasteiger partial charge in [-0.05, 0) is 40.3 Å². The van der Waals surface area contributed by atoms with Gasteiger partial charge in [-0.25, -0.2) is 0 Å². The summed E-state index contributed by atoms with van der Waals surface area (Å²) in [7, 11) is 0. The zero-order valence-electron chi connectivity index (χ0n) is 16.4. The number of benzene rings is 1. The summed E-state index contributed by atoms with van der Waals surface area (Å²) in [5, 5.41) is 19.3. The summed E-state index contributed by atoms with van der Waals surface area (Å²) in [5.74, 6) is 1.99. The Morgan fingerprint density at radius 1 is 1.24 bits per heavy atom. The maximum atomic E-state index is 12.6. The van der Waals surface area contributed by atoms with Crippen LogP contribution in [-0.4, -0.2) is 39.3 Å².